The molecule has 1 aliphatic carbocycles. The van der Waals surface area contributed by atoms with Crippen molar-refractivity contribution < 1.29 is 14.6 Å². The van der Waals surface area contributed by atoms with E-state index in [9.17, 15) is 4.79 Å². The minimum atomic E-state index is -0.0942. The number of aliphatic hydroxyl groups excluding tert-OH is 1. The van der Waals surface area contributed by atoms with Crippen molar-refractivity contribution >= 4 is 17.7 Å². The Bertz CT molecular complexity index is 214. The van der Waals surface area contributed by atoms with Gasteiger partial charge in [0.05, 0.1) is 13.5 Å². The highest BCUT2D eigenvalue weighted by atomic mass is 32.2. The summed E-state index contributed by atoms with van der Waals surface area (Å²) in [7, 11) is 1.44. The number of carbonyl (C=O) groups excluding carboxylic acids is 1. The van der Waals surface area contributed by atoms with Gasteiger partial charge in [0.25, 0.3) is 0 Å². The second-order valence-corrected chi connectivity index (χ2v) is 5.59. The van der Waals surface area contributed by atoms with Gasteiger partial charge in [-0.05, 0) is 35.7 Å². The molecule has 0 heterocycles. The second-order valence-electron chi connectivity index (χ2n) is 4.56. The molecule has 1 N–H and O–H groups in total. The van der Waals surface area contributed by atoms with Crippen LogP contribution < -0.4 is 0 Å². The average molecular weight is 232 g/mol. The summed E-state index contributed by atoms with van der Waals surface area (Å²) >= 11 is 1.84. The first kappa shape index (κ1) is 12.8. The van der Waals surface area contributed by atoms with Gasteiger partial charge >= 0.3 is 5.97 Å². The lowest BCUT2D eigenvalue weighted by atomic mass is 10.1. The Kier molecular flexibility index (Phi) is 4.93. The lowest BCUT2D eigenvalue weighted by Crippen LogP contribution is -2.14. The number of carbonyl (C=O) groups is 1. The van der Waals surface area contributed by atoms with E-state index in [0.29, 0.717) is 12.3 Å². The molecule has 3 nitrogen and oxygen atoms in total. The summed E-state index contributed by atoms with van der Waals surface area (Å²) in [5.41, 5.74) is 0.215. The maximum atomic E-state index is 11.1. The smallest absolute Gasteiger partial charge is 0.306 e. The molecule has 1 fully saturated rings. The van der Waals surface area contributed by atoms with Crippen molar-refractivity contribution in [2.24, 2.45) is 11.3 Å². The molecule has 88 valence electrons. The fourth-order valence-corrected chi connectivity index (χ4v) is 2.91. The molecule has 1 rings (SSSR count). The van der Waals surface area contributed by atoms with Gasteiger partial charge in [0, 0.05) is 6.61 Å². The first-order valence-electron chi connectivity index (χ1n) is 5.37. The zero-order chi connectivity index (χ0) is 11.3. The summed E-state index contributed by atoms with van der Waals surface area (Å²) < 4.78 is 4.69. The maximum absolute atomic E-state index is 11.1. The maximum Gasteiger partial charge on any atom is 0.306 e. The molecule has 0 aromatic carbocycles. The van der Waals surface area contributed by atoms with Gasteiger partial charge in [-0.1, -0.05) is 6.92 Å². The molecular formula is C11H20O3S. The van der Waals surface area contributed by atoms with Gasteiger partial charge in [-0.15, -0.1) is 0 Å². The average Bonchev–Trinajstić information content (AvgIpc) is 2.97. The third kappa shape index (κ3) is 4.43. The number of methoxy groups -OCH3 is 1. The largest absolute Gasteiger partial charge is 0.469 e. The highest BCUT2D eigenvalue weighted by Crippen LogP contribution is 2.51. The van der Waals surface area contributed by atoms with Crippen molar-refractivity contribution in [2.75, 3.05) is 25.2 Å². The zero-order valence-electron chi connectivity index (χ0n) is 9.49. The Morgan fingerprint density at radius 2 is 2.27 bits per heavy atom. The van der Waals surface area contributed by atoms with E-state index in [-0.39, 0.29) is 18.0 Å². The third-order valence-corrected chi connectivity index (χ3v) is 4.45. The van der Waals surface area contributed by atoms with Crippen LogP contribution in [0, 0.1) is 11.3 Å². The third-order valence-electron chi connectivity index (χ3n) is 2.83. The quantitative estimate of drug-likeness (QED) is 0.679. The highest BCUT2D eigenvalue weighted by Gasteiger charge is 2.44. The highest BCUT2D eigenvalue weighted by molar-refractivity contribution is 7.99. The fraction of sp³-hybridized carbons (Fsp3) is 0.909. The SMILES string of the molecule is COC(=O)CC1(CSCC(C)CO)CC1. The standard InChI is InChI=1S/C11H20O3S/c1-9(6-12)7-15-8-11(3-4-11)5-10(13)14-2/h9,12H,3-8H2,1-2H3. The molecule has 1 unspecified atom stereocenters. The Hall–Kier alpha value is -0.220. The number of hydrogen-bond acceptors (Lipinski definition) is 4. The number of rotatable bonds is 7. The van der Waals surface area contributed by atoms with E-state index >= 15 is 0 Å². The van der Waals surface area contributed by atoms with Crippen LogP contribution in [0.2, 0.25) is 0 Å². The Labute approximate surface area is 95.6 Å². The van der Waals surface area contributed by atoms with Gasteiger partial charge in [-0.3, -0.25) is 4.79 Å². The lowest BCUT2D eigenvalue weighted by Gasteiger charge is -2.14. The molecule has 0 radical (unpaired) electrons. The number of thioether (sulfide) groups is 1. The molecule has 0 aliphatic heterocycles. The van der Waals surface area contributed by atoms with Crippen molar-refractivity contribution in [2.45, 2.75) is 26.2 Å². The van der Waals surface area contributed by atoms with Crippen LogP contribution in [0.3, 0.4) is 0 Å². The molecule has 4 heteroatoms. The minimum Gasteiger partial charge on any atom is -0.469 e. The Morgan fingerprint density at radius 1 is 1.60 bits per heavy atom. The van der Waals surface area contributed by atoms with E-state index in [4.69, 9.17) is 5.11 Å². The monoisotopic (exact) mass is 232 g/mol. The lowest BCUT2D eigenvalue weighted by molar-refractivity contribution is -0.141. The van der Waals surface area contributed by atoms with Crippen LogP contribution in [0.25, 0.3) is 0 Å². The summed E-state index contributed by atoms with van der Waals surface area (Å²) in [6.45, 7) is 2.28. The van der Waals surface area contributed by atoms with E-state index in [2.05, 4.69) is 4.74 Å². The van der Waals surface area contributed by atoms with Gasteiger partial charge in [0.15, 0.2) is 0 Å². The summed E-state index contributed by atoms with van der Waals surface area (Å²) in [6.07, 6.45) is 2.84. The molecule has 0 amide bonds. The summed E-state index contributed by atoms with van der Waals surface area (Å²) in [5, 5.41) is 8.88. The molecule has 0 aromatic heterocycles. The van der Waals surface area contributed by atoms with Gasteiger partial charge in [0.2, 0.25) is 0 Å². The normalized spacial score (nSPS) is 19.7. The predicted molar refractivity (Wildman–Crippen MR) is 61.9 cm³/mol. The van der Waals surface area contributed by atoms with Crippen LogP contribution in [0.5, 0.6) is 0 Å². The predicted octanol–water partition coefficient (Wildman–Crippen LogP) is 1.69. The van der Waals surface area contributed by atoms with Crippen LogP contribution in [0.1, 0.15) is 26.2 Å². The van der Waals surface area contributed by atoms with Crippen LogP contribution >= 0.6 is 11.8 Å². The first-order valence-corrected chi connectivity index (χ1v) is 6.53. The van der Waals surface area contributed by atoms with Gasteiger partial charge in [0.1, 0.15) is 0 Å². The van der Waals surface area contributed by atoms with Gasteiger partial charge < -0.3 is 9.84 Å². The number of esters is 1. The topological polar surface area (TPSA) is 46.5 Å². The van der Waals surface area contributed by atoms with E-state index in [0.717, 1.165) is 24.3 Å². The summed E-state index contributed by atoms with van der Waals surface area (Å²) in [4.78, 5) is 11.1. The van der Waals surface area contributed by atoms with Crippen LogP contribution in [-0.4, -0.2) is 36.3 Å². The minimum absolute atomic E-state index is 0.0942. The molecule has 1 atom stereocenters. The summed E-state index contributed by atoms with van der Waals surface area (Å²) in [5.74, 6) is 2.25. The van der Waals surface area contributed by atoms with E-state index in [1.165, 1.54) is 7.11 Å². The van der Waals surface area contributed by atoms with Crippen LogP contribution in [-0.2, 0) is 9.53 Å². The molecule has 0 aromatic rings. The van der Waals surface area contributed by atoms with Gasteiger partial charge in [-0.2, -0.15) is 11.8 Å². The molecule has 1 saturated carbocycles. The van der Waals surface area contributed by atoms with E-state index < -0.39 is 0 Å². The molecular weight excluding hydrogens is 212 g/mol. The first-order chi connectivity index (χ1) is 7.12. The van der Waals surface area contributed by atoms with Crippen molar-refractivity contribution in [1.82, 2.24) is 0 Å². The second kappa shape index (κ2) is 5.75. The van der Waals surface area contributed by atoms with Crippen molar-refractivity contribution in [1.29, 1.82) is 0 Å². The fourth-order valence-electron chi connectivity index (χ4n) is 1.46. The van der Waals surface area contributed by atoms with E-state index in [1.807, 2.05) is 18.7 Å². The molecule has 0 saturated heterocycles. The zero-order valence-corrected chi connectivity index (χ0v) is 10.3. The number of ether oxygens (including phenoxy) is 1. The summed E-state index contributed by atoms with van der Waals surface area (Å²) in [6, 6.07) is 0. The van der Waals surface area contributed by atoms with E-state index in [1.54, 1.807) is 0 Å². The van der Waals surface area contributed by atoms with Crippen molar-refractivity contribution in [3.8, 4) is 0 Å². The van der Waals surface area contributed by atoms with Crippen molar-refractivity contribution in [3.63, 3.8) is 0 Å². The van der Waals surface area contributed by atoms with Crippen LogP contribution in [0.15, 0.2) is 0 Å². The Morgan fingerprint density at radius 3 is 2.73 bits per heavy atom. The molecule has 0 spiro atoms. The molecule has 15 heavy (non-hydrogen) atoms. The van der Waals surface area contributed by atoms with Gasteiger partial charge in [-0.25, -0.2) is 0 Å². The number of aliphatic hydroxyl groups is 1. The molecule has 0 bridgehead atoms. The molecule has 1 aliphatic rings. The Balaban J connectivity index is 2.17. The van der Waals surface area contributed by atoms with Crippen molar-refractivity contribution in [3.05, 3.63) is 0 Å². The number of hydrogen-bond donors (Lipinski definition) is 1. The van der Waals surface area contributed by atoms with Crippen LogP contribution in [0.4, 0.5) is 0 Å².